The summed E-state index contributed by atoms with van der Waals surface area (Å²) in [5, 5.41) is 11.7. The van der Waals surface area contributed by atoms with Gasteiger partial charge in [-0.05, 0) is 31.0 Å². The van der Waals surface area contributed by atoms with Crippen molar-refractivity contribution >= 4 is 10.9 Å². The van der Waals surface area contributed by atoms with Crippen molar-refractivity contribution in [3.8, 4) is 0 Å². The average Bonchev–Trinajstić information content (AvgIpc) is 2.76. The molecule has 2 heteroatoms. The van der Waals surface area contributed by atoms with Crippen LogP contribution in [0.5, 0.6) is 0 Å². The van der Waals surface area contributed by atoms with E-state index in [1.165, 1.54) is 12.8 Å². The molecule has 1 heterocycles. The number of aromatic amines is 1. The van der Waals surface area contributed by atoms with Gasteiger partial charge in [-0.1, -0.05) is 38.3 Å². The molecular formula is C15H21NO. The Morgan fingerprint density at radius 2 is 2.06 bits per heavy atom. The highest BCUT2D eigenvalue weighted by atomic mass is 16.3. The Hall–Kier alpha value is -1.28. The SMILES string of the molecule is CCCCCC(C)(O)c1cccc2[nH]ccc12. The first-order valence-electron chi connectivity index (χ1n) is 6.44. The number of fused-ring (bicyclic) bond motifs is 1. The number of unbranched alkanes of at least 4 members (excludes halogenated alkanes) is 2. The van der Waals surface area contributed by atoms with E-state index < -0.39 is 5.60 Å². The van der Waals surface area contributed by atoms with Crippen LogP contribution in [0, 0.1) is 0 Å². The third kappa shape index (κ3) is 2.52. The van der Waals surface area contributed by atoms with Crippen molar-refractivity contribution in [2.45, 2.75) is 45.1 Å². The Kier molecular flexibility index (Phi) is 3.53. The molecule has 2 rings (SSSR count). The lowest BCUT2D eigenvalue weighted by atomic mass is 9.88. The number of H-pyrrole nitrogens is 1. The van der Waals surface area contributed by atoms with Crippen molar-refractivity contribution in [2.75, 3.05) is 0 Å². The van der Waals surface area contributed by atoms with E-state index in [-0.39, 0.29) is 0 Å². The van der Waals surface area contributed by atoms with Crippen molar-refractivity contribution < 1.29 is 5.11 Å². The molecule has 1 aromatic carbocycles. The fourth-order valence-electron chi connectivity index (χ4n) is 2.41. The number of hydrogen-bond donors (Lipinski definition) is 2. The summed E-state index contributed by atoms with van der Waals surface area (Å²) < 4.78 is 0. The van der Waals surface area contributed by atoms with Crippen LogP contribution in [0.1, 0.15) is 45.1 Å². The Labute approximate surface area is 103 Å². The maximum Gasteiger partial charge on any atom is 0.0875 e. The smallest absolute Gasteiger partial charge is 0.0875 e. The van der Waals surface area contributed by atoms with E-state index in [0.717, 1.165) is 29.3 Å². The van der Waals surface area contributed by atoms with E-state index in [0.29, 0.717) is 0 Å². The highest BCUT2D eigenvalue weighted by Crippen LogP contribution is 2.32. The van der Waals surface area contributed by atoms with E-state index in [2.05, 4.69) is 11.9 Å². The summed E-state index contributed by atoms with van der Waals surface area (Å²) in [6, 6.07) is 8.12. The molecule has 2 aromatic rings. The van der Waals surface area contributed by atoms with Crippen molar-refractivity contribution in [2.24, 2.45) is 0 Å². The number of hydrogen-bond acceptors (Lipinski definition) is 1. The molecule has 92 valence electrons. The standard InChI is InChI=1S/C15H21NO/c1-3-4-5-10-15(2,17)13-7-6-8-14-12(13)9-11-16-14/h6-9,11,16-17H,3-5,10H2,1-2H3. The lowest BCUT2D eigenvalue weighted by Crippen LogP contribution is -2.21. The van der Waals surface area contributed by atoms with E-state index in [1.807, 2.05) is 37.4 Å². The van der Waals surface area contributed by atoms with Gasteiger partial charge in [-0.25, -0.2) is 0 Å². The molecule has 0 aliphatic carbocycles. The van der Waals surface area contributed by atoms with Crippen LogP contribution in [0.3, 0.4) is 0 Å². The van der Waals surface area contributed by atoms with Gasteiger partial charge in [0.1, 0.15) is 0 Å². The van der Waals surface area contributed by atoms with Crippen LogP contribution in [-0.2, 0) is 5.60 Å². The first-order valence-corrected chi connectivity index (χ1v) is 6.44. The largest absolute Gasteiger partial charge is 0.385 e. The summed E-state index contributed by atoms with van der Waals surface area (Å²) in [6.45, 7) is 4.10. The molecule has 1 atom stereocenters. The van der Waals surface area contributed by atoms with E-state index in [9.17, 15) is 5.11 Å². The molecule has 0 amide bonds. The zero-order chi connectivity index (χ0) is 12.3. The van der Waals surface area contributed by atoms with Crippen molar-refractivity contribution in [1.82, 2.24) is 4.98 Å². The van der Waals surface area contributed by atoms with Gasteiger partial charge in [0.15, 0.2) is 0 Å². The van der Waals surface area contributed by atoms with Gasteiger partial charge < -0.3 is 10.1 Å². The van der Waals surface area contributed by atoms with Crippen LogP contribution in [0.25, 0.3) is 10.9 Å². The molecular weight excluding hydrogens is 210 g/mol. The minimum absolute atomic E-state index is 0.725. The van der Waals surface area contributed by atoms with Gasteiger partial charge in [0, 0.05) is 17.1 Å². The Balaban J connectivity index is 2.28. The molecule has 0 saturated carbocycles. The average molecular weight is 231 g/mol. The molecule has 1 aromatic heterocycles. The lowest BCUT2D eigenvalue weighted by molar-refractivity contribution is 0.0465. The molecule has 2 N–H and O–H groups in total. The van der Waals surface area contributed by atoms with Gasteiger partial charge in [0.2, 0.25) is 0 Å². The number of aliphatic hydroxyl groups is 1. The van der Waals surface area contributed by atoms with Gasteiger partial charge in [-0.2, -0.15) is 0 Å². The van der Waals surface area contributed by atoms with E-state index >= 15 is 0 Å². The third-order valence-corrected chi connectivity index (χ3v) is 3.44. The normalized spacial score (nSPS) is 15.0. The molecule has 0 bridgehead atoms. The number of benzene rings is 1. The molecule has 0 saturated heterocycles. The second-order valence-electron chi connectivity index (χ2n) is 4.98. The second-order valence-corrected chi connectivity index (χ2v) is 4.98. The fourth-order valence-corrected chi connectivity index (χ4v) is 2.41. The number of nitrogens with one attached hydrogen (secondary N) is 1. The molecule has 0 fully saturated rings. The third-order valence-electron chi connectivity index (χ3n) is 3.44. The van der Waals surface area contributed by atoms with Crippen LogP contribution < -0.4 is 0 Å². The van der Waals surface area contributed by atoms with Crippen LogP contribution in [-0.4, -0.2) is 10.1 Å². The number of aromatic nitrogens is 1. The number of rotatable bonds is 5. The van der Waals surface area contributed by atoms with Crippen LogP contribution in [0.15, 0.2) is 30.5 Å². The summed E-state index contributed by atoms with van der Waals surface area (Å²) in [7, 11) is 0. The molecule has 2 nitrogen and oxygen atoms in total. The first-order chi connectivity index (χ1) is 8.15. The Morgan fingerprint density at radius 1 is 1.24 bits per heavy atom. The zero-order valence-electron chi connectivity index (χ0n) is 10.7. The maximum absolute atomic E-state index is 10.6. The minimum Gasteiger partial charge on any atom is -0.385 e. The highest BCUT2D eigenvalue weighted by Gasteiger charge is 2.24. The Bertz CT molecular complexity index is 484. The van der Waals surface area contributed by atoms with Crippen molar-refractivity contribution in [3.05, 3.63) is 36.0 Å². The van der Waals surface area contributed by atoms with Crippen LogP contribution >= 0.6 is 0 Å². The topological polar surface area (TPSA) is 36.0 Å². The monoisotopic (exact) mass is 231 g/mol. The lowest BCUT2D eigenvalue weighted by Gasteiger charge is -2.24. The van der Waals surface area contributed by atoms with E-state index in [4.69, 9.17) is 0 Å². The predicted molar refractivity (Wildman–Crippen MR) is 72.0 cm³/mol. The van der Waals surface area contributed by atoms with Gasteiger partial charge in [0.25, 0.3) is 0 Å². The van der Waals surface area contributed by atoms with Gasteiger partial charge in [-0.15, -0.1) is 0 Å². The highest BCUT2D eigenvalue weighted by molar-refractivity contribution is 5.83. The summed E-state index contributed by atoms with van der Waals surface area (Å²) in [5.74, 6) is 0. The second kappa shape index (κ2) is 4.92. The zero-order valence-corrected chi connectivity index (χ0v) is 10.7. The predicted octanol–water partition coefficient (Wildman–Crippen LogP) is 3.96. The molecule has 17 heavy (non-hydrogen) atoms. The Morgan fingerprint density at radius 3 is 2.82 bits per heavy atom. The van der Waals surface area contributed by atoms with E-state index in [1.54, 1.807) is 0 Å². The van der Waals surface area contributed by atoms with Crippen molar-refractivity contribution in [1.29, 1.82) is 0 Å². The fraction of sp³-hybridized carbons (Fsp3) is 0.467. The van der Waals surface area contributed by atoms with Gasteiger partial charge >= 0.3 is 0 Å². The van der Waals surface area contributed by atoms with Gasteiger partial charge in [-0.3, -0.25) is 0 Å². The van der Waals surface area contributed by atoms with Gasteiger partial charge in [0.05, 0.1) is 5.60 Å². The minimum atomic E-state index is -0.725. The first kappa shape index (κ1) is 12.2. The summed E-state index contributed by atoms with van der Waals surface area (Å²) >= 11 is 0. The van der Waals surface area contributed by atoms with Crippen LogP contribution in [0.2, 0.25) is 0 Å². The molecule has 0 spiro atoms. The maximum atomic E-state index is 10.6. The molecule has 0 radical (unpaired) electrons. The van der Waals surface area contributed by atoms with Crippen molar-refractivity contribution in [3.63, 3.8) is 0 Å². The molecule has 0 aliphatic rings. The summed E-state index contributed by atoms with van der Waals surface area (Å²) in [4.78, 5) is 3.19. The van der Waals surface area contributed by atoms with Crippen LogP contribution in [0.4, 0.5) is 0 Å². The molecule has 0 aliphatic heterocycles. The summed E-state index contributed by atoms with van der Waals surface area (Å²) in [5.41, 5.74) is 1.40. The summed E-state index contributed by atoms with van der Waals surface area (Å²) in [6.07, 6.45) is 6.19. The quantitative estimate of drug-likeness (QED) is 0.751. The molecule has 1 unspecified atom stereocenters.